The summed E-state index contributed by atoms with van der Waals surface area (Å²) < 4.78 is 12.4. The predicted molar refractivity (Wildman–Crippen MR) is 110 cm³/mol. The topological polar surface area (TPSA) is 39.4 Å². The van der Waals surface area contributed by atoms with Crippen molar-refractivity contribution in [2.24, 2.45) is 0 Å². The molecule has 4 rings (SSSR count). The molecule has 2 aromatic carbocycles. The van der Waals surface area contributed by atoms with Gasteiger partial charge in [-0.2, -0.15) is 0 Å². The average Bonchev–Trinajstić information content (AvgIpc) is 3.31. The Morgan fingerprint density at radius 2 is 1.85 bits per heavy atom. The van der Waals surface area contributed by atoms with E-state index in [0.717, 1.165) is 4.90 Å². The molecule has 136 valence electrons. The Morgan fingerprint density at radius 3 is 2.63 bits per heavy atom. The summed E-state index contributed by atoms with van der Waals surface area (Å²) in [5, 5.41) is 3.56. The van der Waals surface area contributed by atoms with E-state index < -0.39 is 5.60 Å². The lowest BCUT2D eigenvalue weighted by Crippen LogP contribution is -2.25. The predicted octanol–water partition coefficient (Wildman–Crippen LogP) is 6.57. The third kappa shape index (κ3) is 3.28. The third-order valence-corrected chi connectivity index (χ3v) is 6.81. The van der Waals surface area contributed by atoms with E-state index in [4.69, 9.17) is 9.15 Å². The fourth-order valence-corrected chi connectivity index (χ4v) is 5.37. The lowest BCUT2D eigenvalue weighted by atomic mass is 10.1. The Balaban J connectivity index is 1.67. The second kappa shape index (κ2) is 6.71. The van der Waals surface area contributed by atoms with Crippen molar-refractivity contribution in [1.29, 1.82) is 0 Å². The standard InChI is InChI=1S/C23H21O3S/c1-16-15-27(20-11-5-4-10-19(16)20)18-9-6-8-17(14-18)22(24)26-23(2,3)21-12-7-13-25-21/h4-15H,1-3H3/q+1. The fraction of sp³-hybridized carbons (Fsp3) is 0.174. The molecule has 0 spiro atoms. The molecule has 0 amide bonds. The number of thiophene rings is 1. The van der Waals surface area contributed by atoms with Gasteiger partial charge in [-0.3, -0.25) is 0 Å². The normalized spacial score (nSPS) is 12.3. The molecule has 2 aromatic heterocycles. The van der Waals surface area contributed by atoms with Gasteiger partial charge in [0, 0.05) is 27.5 Å². The van der Waals surface area contributed by atoms with Gasteiger partial charge in [-0.05, 0) is 57.2 Å². The molecular formula is C23H21O3S+. The lowest BCUT2D eigenvalue weighted by Gasteiger charge is -2.22. The van der Waals surface area contributed by atoms with E-state index in [1.54, 1.807) is 18.4 Å². The Bertz CT molecular complexity index is 1100. The average molecular weight is 377 g/mol. The van der Waals surface area contributed by atoms with Gasteiger partial charge in [0.2, 0.25) is 0 Å². The number of ether oxygens (including phenoxy) is 1. The molecule has 1 unspecified atom stereocenters. The Kier molecular flexibility index (Phi) is 4.36. The number of furan rings is 1. The Labute approximate surface area is 161 Å². The Morgan fingerprint density at radius 1 is 1.04 bits per heavy atom. The van der Waals surface area contributed by atoms with Crippen LogP contribution in [-0.2, 0) is 10.3 Å². The number of fused-ring (bicyclic) bond motifs is 1. The van der Waals surface area contributed by atoms with Crippen molar-refractivity contribution in [2.45, 2.75) is 26.4 Å². The second-order valence-corrected chi connectivity index (χ2v) is 8.86. The highest BCUT2D eigenvalue weighted by atomic mass is 32.2. The van der Waals surface area contributed by atoms with E-state index in [0.29, 0.717) is 11.3 Å². The van der Waals surface area contributed by atoms with Crippen LogP contribution in [0.5, 0.6) is 0 Å². The molecule has 2 heterocycles. The first kappa shape index (κ1) is 17.6. The molecule has 0 N–H and O–H groups in total. The molecule has 4 heteroatoms. The smallest absolute Gasteiger partial charge is 0.339 e. The van der Waals surface area contributed by atoms with E-state index in [1.807, 2.05) is 32.0 Å². The summed E-state index contributed by atoms with van der Waals surface area (Å²) in [6.07, 6.45) is 1.58. The van der Waals surface area contributed by atoms with Gasteiger partial charge in [0.15, 0.2) is 15.2 Å². The third-order valence-electron chi connectivity index (χ3n) is 4.63. The molecule has 0 aliphatic rings. The first-order valence-electron chi connectivity index (χ1n) is 8.84. The van der Waals surface area contributed by atoms with Gasteiger partial charge in [-0.25, -0.2) is 4.79 Å². The first-order chi connectivity index (χ1) is 13.0. The van der Waals surface area contributed by atoms with E-state index in [1.165, 1.54) is 15.6 Å². The highest BCUT2D eigenvalue weighted by molar-refractivity contribution is 7.43. The van der Waals surface area contributed by atoms with Crippen LogP contribution in [0.3, 0.4) is 0 Å². The molecule has 0 saturated heterocycles. The van der Waals surface area contributed by atoms with Crippen LogP contribution in [0.1, 0.15) is 35.5 Å². The van der Waals surface area contributed by atoms with Crippen molar-refractivity contribution < 1.29 is 13.9 Å². The van der Waals surface area contributed by atoms with Gasteiger partial charge in [-0.15, -0.1) is 0 Å². The minimum atomic E-state index is -0.824. The molecule has 0 aliphatic carbocycles. The quantitative estimate of drug-likeness (QED) is 0.298. The molecule has 0 fully saturated rings. The zero-order valence-electron chi connectivity index (χ0n) is 15.6. The van der Waals surface area contributed by atoms with Crippen molar-refractivity contribution in [2.75, 3.05) is 0 Å². The number of benzene rings is 2. The number of carbonyl (C=O) groups is 1. The zero-order valence-corrected chi connectivity index (χ0v) is 16.4. The van der Waals surface area contributed by atoms with Crippen LogP contribution in [0.25, 0.3) is 15.0 Å². The van der Waals surface area contributed by atoms with Gasteiger partial charge in [-0.1, -0.05) is 18.2 Å². The maximum atomic E-state index is 12.8. The molecule has 4 aromatic rings. The van der Waals surface area contributed by atoms with Crippen molar-refractivity contribution in [1.82, 2.24) is 0 Å². The van der Waals surface area contributed by atoms with Crippen LogP contribution in [0.15, 0.2) is 76.7 Å². The molecule has 0 saturated carbocycles. The van der Waals surface area contributed by atoms with Crippen LogP contribution in [0, 0.1) is 6.92 Å². The van der Waals surface area contributed by atoms with Gasteiger partial charge in [0.1, 0.15) is 11.1 Å². The van der Waals surface area contributed by atoms with Crippen molar-refractivity contribution in [3.05, 3.63) is 89.2 Å². The van der Waals surface area contributed by atoms with E-state index >= 15 is 0 Å². The number of aryl methyl sites for hydroxylation is 1. The van der Waals surface area contributed by atoms with Crippen LogP contribution >= 0.6 is 10.5 Å². The number of hydrogen-bond donors (Lipinski definition) is 0. The summed E-state index contributed by atoms with van der Waals surface area (Å²) in [6.45, 7) is 5.79. The van der Waals surface area contributed by atoms with Crippen LogP contribution in [-0.4, -0.2) is 5.97 Å². The van der Waals surface area contributed by atoms with E-state index in [2.05, 4.69) is 42.6 Å². The van der Waals surface area contributed by atoms with Crippen molar-refractivity contribution in [3.63, 3.8) is 0 Å². The highest BCUT2D eigenvalue weighted by Gasteiger charge is 2.29. The Hall–Kier alpha value is -2.85. The summed E-state index contributed by atoms with van der Waals surface area (Å²) >= 11 is 0. The summed E-state index contributed by atoms with van der Waals surface area (Å²) in [5.41, 5.74) is 1.01. The van der Waals surface area contributed by atoms with Gasteiger partial charge in [0.25, 0.3) is 0 Å². The maximum absolute atomic E-state index is 12.8. The number of carbonyl (C=O) groups excluding carboxylic acids is 1. The lowest BCUT2D eigenvalue weighted by molar-refractivity contribution is -0.0126. The molecule has 0 aliphatic heterocycles. The zero-order chi connectivity index (χ0) is 19.0. The van der Waals surface area contributed by atoms with E-state index in [9.17, 15) is 4.79 Å². The van der Waals surface area contributed by atoms with Gasteiger partial charge < -0.3 is 9.15 Å². The van der Waals surface area contributed by atoms with Crippen molar-refractivity contribution >= 4 is 26.5 Å². The van der Waals surface area contributed by atoms with Crippen molar-refractivity contribution in [3.8, 4) is 4.90 Å². The van der Waals surface area contributed by atoms with Crippen LogP contribution < -0.4 is 0 Å². The maximum Gasteiger partial charge on any atom is 0.339 e. The molecule has 27 heavy (non-hydrogen) atoms. The second-order valence-electron chi connectivity index (χ2n) is 7.04. The molecule has 3 nitrogen and oxygen atoms in total. The fourth-order valence-electron chi connectivity index (χ4n) is 3.20. The number of esters is 1. The molecular weight excluding hydrogens is 356 g/mol. The molecule has 0 radical (unpaired) electrons. The van der Waals surface area contributed by atoms with Crippen LogP contribution in [0.4, 0.5) is 0 Å². The van der Waals surface area contributed by atoms with Gasteiger partial charge in [0.05, 0.1) is 11.8 Å². The molecule has 1 atom stereocenters. The minimum Gasteiger partial charge on any atom is -0.465 e. The monoisotopic (exact) mass is 377 g/mol. The molecule has 0 bridgehead atoms. The number of hydrogen-bond acceptors (Lipinski definition) is 3. The van der Waals surface area contributed by atoms with Crippen LogP contribution in [0.2, 0.25) is 0 Å². The summed E-state index contributed by atoms with van der Waals surface area (Å²) in [7, 11) is -0.164. The summed E-state index contributed by atoms with van der Waals surface area (Å²) in [6, 6.07) is 19.8. The minimum absolute atomic E-state index is 0.164. The highest BCUT2D eigenvalue weighted by Crippen LogP contribution is 2.42. The van der Waals surface area contributed by atoms with E-state index in [-0.39, 0.29) is 16.4 Å². The summed E-state index contributed by atoms with van der Waals surface area (Å²) in [5.74, 6) is 0.271. The number of rotatable bonds is 4. The summed E-state index contributed by atoms with van der Waals surface area (Å²) in [4.78, 5) is 13.9. The van der Waals surface area contributed by atoms with Gasteiger partial charge >= 0.3 is 5.97 Å². The first-order valence-corrected chi connectivity index (χ1v) is 10.1. The largest absolute Gasteiger partial charge is 0.465 e. The SMILES string of the molecule is Cc1c[s+](-c2cccc(C(=O)OC(C)(C)c3ccco3)c2)c2ccccc12.